The molecule has 0 bridgehead atoms. The smallest absolute Gasteiger partial charge is 0.393 e. The largest absolute Gasteiger partial charge is 0.416 e. The lowest BCUT2D eigenvalue weighted by Crippen LogP contribution is -2.37. The molecule has 4 rings (SSSR count). The van der Waals surface area contributed by atoms with Crippen LogP contribution in [0.3, 0.4) is 0 Å². The molecule has 0 aliphatic carbocycles. The molecule has 0 radical (unpaired) electrons. The highest BCUT2D eigenvalue weighted by Crippen LogP contribution is 2.31. The average Bonchev–Trinajstić information content (AvgIpc) is 2.68. The van der Waals surface area contributed by atoms with E-state index >= 15 is 0 Å². The molecule has 0 unspecified atom stereocenters. The molecule has 3 heterocycles. The number of nitrogens with zero attached hydrogens (tertiary/aromatic N) is 3. The first-order valence-corrected chi connectivity index (χ1v) is 9.08. The van der Waals surface area contributed by atoms with Crippen LogP contribution in [0.1, 0.15) is 18.4 Å². The zero-order chi connectivity index (χ0) is 20.6. The Morgan fingerprint density at radius 3 is 2.45 bits per heavy atom. The number of halogens is 3. The third-order valence-corrected chi connectivity index (χ3v) is 4.83. The van der Waals surface area contributed by atoms with Gasteiger partial charge in [-0.1, -0.05) is 0 Å². The van der Waals surface area contributed by atoms with Crippen LogP contribution in [-0.4, -0.2) is 39.3 Å². The fourth-order valence-electron chi connectivity index (χ4n) is 3.26. The number of piperidine rings is 1. The summed E-state index contributed by atoms with van der Waals surface area (Å²) in [6.07, 6.45) is -2.15. The molecule has 29 heavy (non-hydrogen) atoms. The normalized spacial score (nSPS) is 15.7. The van der Waals surface area contributed by atoms with E-state index in [4.69, 9.17) is 0 Å². The van der Waals surface area contributed by atoms with E-state index in [1.807, 2.05) is 4.90 Å². The maximum absolute atomic E-state index is 12.8. The van der Waals surface area contributed by atoms with Gasteiger partial charge in [0, 0.05) is 25.0 Å². The van der Waals surface area contributed by atoms with Crippen LogP contribution in [0.5, 0.6) is 0 Å². The van der Waals surface area contributed by atoms with Crippen LogP contribution in [-0.2, 0) is 6.18 Å². The van der Waals surface area contributed by atoms with Crippen LogP contribution in [0, 0.1) is 0 Å². The average molecular weight is 405 g/mol. The summed E-state index contributed by atoms with van der Waals surface area (Å²) in [6.45, 7) is 1.13. The molecule has 1 fully saturated rings. The Morgan fingerprint density at radius 1 is 1.10 bits per heavy atom. The molecule has 0 saturated carbocycles. The van der Waals surface area contributed by atoms with Gasteiger partial charge in [0.2, 0.25) is 5.95 Å². The fraction of sp³-hybridized carbons (Fsp3) is 0.316. The second-order valence-corrected chi connectivity index (χ2v) is 6.86. The van der Waals surface area contributed by atoms with Crippen molar-refractivity contribution in [1.29, 1.82) is 0 Å². The van der Waals surface area contributed by atoms with Crippen LogP contribution in [0.25, 0.3) is 10.9 Å². The molecule has 3 aromatic rings. The summed E-state index contributed by atoms with van der Waals surface area (Å²) in [5.74, 6) is 0.599. The van der Waals surface area contributed by atoms with Gasteiger partial charge in [0.05, 0.1) is 17.2 Å². The molecular formula is C19H18F3N5O2. The van der Waals surface area contributed by atoms with E-state index in [9.17, 15) is 23.1 Å². The summed E-state index contributed by atoms with van der Waals surface area (Å²) >= 11 is 0. The Morgan fingerprint density at radius 2 is 1.79 bits per heavy atom. The summed E-state index contributed by atoms with van der Waals surface area (Å²) in [5.41, 5.74) is -0.390. The standard InChI is InChI=1S/C19H18F3N5O2/c20-19(21,22)11-1-3-12(4-2-11)24-16-15-14(5-8-23-17(15)29)25-18(26-16)27-9-6-13(28)7-10-27/h1-5,8,13,28H,6-7,9-10H2,(H,23,29)(H,24,25,26). The van der Waals surface area contributed by atoms with Gasteiger partial charge < -0.3 is 20.3 Å². The number of aromatic amines is 1. The third-order valence-electron chi connectivity index (χ3n) is 4.83. The summed E-state index contributed by atoms with van der Waals surface area (Å²) in [5, 5.41) is 12.9. The van der Waals surface area contributed by atoms with Gasteiger partial charge in [0.15, 0.2) is 0 Å². The van der Waals surface area contributed by atoms with E-state index in [2.05, 4.69) is 20.3 Å². The number of aliphatic hydroxyl groups excluding tert-OH is 1. The number of pyridine rings is 1. The number of fused-ring (bicyclic) bond motifs is 1. The second-order valence-electron chi connectivity index (χ2n) is 6.86. The fourth-order valence-corrected chi connectivity index (χ4v) is 3.26. The van der Waals surface area contributed by atoms with Gasteiger partial charge in [-0.2, -0.15) is 18.2 Å². The zero-order valence-corrected chi connectivity index (χ0v) is 15.2. The number of nitrogens with one attached hydrogen (secondary N) is 2. The minimum atomic E-state index is -4.43. The van der Waals surface area contributed by atoms with Gasteiger partial charge in [0.25, 0.3) is 5.56 Å². The van der Waals surface area contributed by atoms with E-state index in [-0.39, 0.29) is 17.3 Å². The van der Waals surface area contributed by atoms with Crippen molar-refractivity contribution in [3.05, 3.63) is 52.4 Å². The first-order valence-electron chi connectivity index (χ1n) is 9.08. The highest BCUT2D eigenvalue weighted by Gasteiger charge is 2.30. The van der Waals surface area contributed by atoms with Crippen molar-refractivity contribution < 1.29 is 18.3 Å². The molecule has 3 N–H and O–H groups in total. The number of alkyl halides is 3. The predicted molar refractivity (Wildman–Crippen MR) is 102 cm³/mol. The number of H-pyrrole nitrogens is 1. The first-order chi connectivity index (χ1) is 13.8. The first kappa shape index (κ1) is 19.2. The highest BCUT2D eigenvalue weighted by atomic mass is 19.4. The van der Waals surface area contributed by atoms with Crippen molar-refractivity contribution in [1.82, 2.24) is 15.0 Å². The quantitative estimate of drug-likeness (QED) is 0.620. The van der Waals surface area contributed by atoms with Crippen molar-refractivity contribution in [2.24, 2.45) is 0 Å². The van der Waals surface area contributed by atoms with E-state index in [0.717, 1.165) is 12.1 Å². The van der Waals surface area contributed by atoms with Gasteiger partial charge in [-0.15, -0.1) is 0 Å². The minimum absolute atomic E-state index is 0.206. The summed E-state index contributed by atoms with van der Waals surface area (Å²) < 4.78 is 38.4. The van der Waals surface area contributed by atoms with Gasteiger partial charge >= 0.3 is 6.18 Å². The SMILES string of the molecule is O=c1[nH]ccc2nc(N3CCC(O)CC3)nc(Nc3ccc(C(F)(F)F)cc3)c12. The Kier molecular flexibility index (Phi) is 4.87. The van der Waals surface area contributed by atoms with Gasteiger partial charge in [-0.3, -0.25) is 4.79 Å². The third kappa shape index (κ3) is 4.02. The molecule has 10 heteroatoms. The molecule has 0 spiro atoms. The van der Waals surface area contributed by atoms with Gasteiger partial charge in [-0.05, 0) is 43.2 Å². The Labute approximate surface area is 163 Å². The van der Waals surface area contributed by atoms with E-state index < -0.39 is 17.3 Å². The zero-order valence-electron chi connectivity index (χ0n) is 15.2. The van der Waals surface area contributed by atoms with Crippen molar-refractivity contribution in [2.45, 2.75) is 25.1 Å². The van der Waals surface area contributed by atoms with Crippen molar-refractivity contribution in [3.63, 3.8) is 0 Å². The number of hydrogen-bond acceptors (Lipinski definition) is 6. The van der Waals surface area contributed by atoms with Gasteiger partial charge in [0.1, 0.15) is 11.2 Å². The number of aromatic nitrogens is 3. The Bertz CT molecular complexity index is 1070. The lowest BCUT2D eigenvalue weighted by atomic mass is 10.1. The van der Waals surface area contributed by atoms with Crippen LogP contribution in [0.15, 0.2) is 41.3 Å². The highest BCUT2D eigenvalue weighted by molar-refractivity contribution is 5.90. The number of aliphatic hydroxyl groups is 1. The molecule has 1 aliphatic heterocycles. The second kappa shape index (κ2) is 7.36. The molecule has 2 aromatic heterocycles. The molecule has 152 valence electrons. The van der Waals surface area contributed by atoms with E-state index in [1.165, 1.54) is 18.3 Å². The van der Waals surface area contributed by atoms with Crippen LogP contribution >= 0.6 is 0 Å². The molecule has 1 aromatic carbocycles. The lowest BCUT2D eigenvalue weighted by molar-refractivity contribution is -0.137. The van der Waals surface area contributed by atoms with Gasteiger partial charge in [-0.25, -0.2) is 4.98 Å². The van der Waals surface area contributed by atoms with Crippen molar-refractivity contribution in [2.75, 3.05) is 23.3 Å². The lowest BCUT2D eigenvalue weighted by Gasteiger charge is -2.30. The topological polar surface area (TPSA) is 94.1 Å². The van der Waals surface area contributed by atoms with Crippen LogP contribution in [0.4, 0.5) is 30.6 Å². The molecule has 0 atom stereocenters. The Hall–Kier alpha value is -3.14. The van der Waals surface area contributed by atoms with E-state index in [1.54, 1.807) is 6.07 Å². The van der Waals surface area contributed by atoms with E-state index in [0.29, 0.717) is 43.1 Å². The number of anilines is 3. The summed E-state index contributed by atoms with van der Waals surface area (Å²) in [6, 6.07) is 6.13. The molecule has 0 amide bonds. The predicted octanol–water partition coefficient (Wildman–Crippen LogP) is 3.04. The Balaban J connectivity index is 1.73. The maximum atomic E-state index is 12.8. The van der Waals surface area contributed by atoms with Crippen molar-refractivity contribution >= 4 is 28.4 Å². The molecule has 7 nitrogen and oxygen atoms in total. The van der Waals surface area contributed by atoms with Crippen LogP contribution < -0.4 is 15.8 Å². The molecule has 1 aliphatic rings. The van der Waals surface area contributed by atoms with Crippen molar-refractivity contribution in [3.8, 4) is 0 Å². The molecular weight excluding hydrogens is 387 g/mol. The summed E-state index contributed by atoms with van der Waals surface area (Å²) in [4.78, 5) is 25.7. The molecule has 1 saturated heterocycles. The van der Waals surface area contributed by atoms with Crippen LogP contribution in [0.2, 0.25) is 0 Å². The number of hydrogen-bond donors (Lipinski definition) is 3. The maximum Gasteiger partial charge on any atom is 0.416 e. The minimum Gasteiger partial charge on any atom is -0.393 e. The summed E-state index contributed by atoms with van der Waals surface area (Å²) in [7, 11) is 0. The number of rotatable bonds is 3. The monoisotopic (exact) mass is 405 g/mol. The number of benzene rings is 1.